The number of anilines is 1. The first-order valence-electron chi connectivity index (χ1n) is 7.80. The number of hydrogen-bond acceptors (Lipinski definition) is 1. The van der Waals surface area contributed by atoms with Crippen LogP contribution in [0.25, 0.3) is 0 Å². The lowest BCUT2D eigenvalue weighted by atomic mass is 9.95. The van der Waals surface area contributed by atoms with Gasteiger partial charge in [-0.05, 0) is 69.3 Å². The maximum atomic E-state index is 5.70. The van der Waals surface area contributed by atoms with Crippen molar-refractivity contribution in [2.75, 3.05) is 4.90 Å². The van der Waals surface area contributed by atoms with Gasteiger partial charge in [-0.1, -0.05) is 24.6 Å². The van der Waals surface area contributed by atoms with Crippen LogP contribution in [-0.2, 0) is 0 Å². The van der Waals surface area contributed by atoms with Crippen LogP contribution in [-0.4, -0.2) is 17.2 Å². The molecule has 2 aliphatic rings. The molecule has 2 aliphatic carbocycles. The molecule has 1 aromatic carbocycles. The first-order chi connectivity index (χ1) is 9.65. The summed E-state index contributed by atoms with van der Waals surface area (Å²) in [5.41, 5.74) is 1.18. The summed E-state index contributed by atoms with van der Waals surface area (Å²) in [5, 5.41) is 4.54. The summed E-state index contributed by atoms with van der Waals surface area (Å²) in [6.07, 6.45) is 5.54. The predicted molar refractivity (Wildman–Crippen MR) is 89.0 cm³/mol. The Morgan fingerprint density at radius 1 is 1.20 bits per heavy atom. The van der Waals surface area contributed by atoms with E-state index in [1.807, 2.05) is 0 Å². The van der Waals surface area contributed by atoms with Gasteiger partial charge < -0.3 is 10.2 Å². The Balaban J connectivity index is 1.70. The fourth-order valence-corrected chi connectivity index (χ4v) is 4.36. The predicted octanol–water partition coefficient (Wildman–Crippen LogP) is 3.96. The maximum Gasteiger partial charge on any atom is 0.173 e. The van der Waals surface area contributed by atoms with Crippen LogP contribution in [0.1, 0.15) is 39.5 Å². The van der Waals surface area contributed by atoms with Gasteiger partial charge in [0.2, 0.25) is 0 Å². The van der Waals surface area contributed by atoms with Gasteiger partial charge in [-0.3, -0.25) is 0 Å². The highest BCUT2D eigenvalue weighted by Gasteiger charge is 2.40. The van der Waals surface area contributed by atoms with E-state index in [1.165, 1.54) is 31.4 Å². The van der Waals surface area contributed by atoms with Crippen molar-refractivity contribution in [2.24, 2.45) is 11.8 Å². The quantitative estimate of drug-likeness (QED) is 0.847. The van der Waals surface area contributed by atoms with Crippen LogP contribution in [0, 0.1) is 11.8 Å². The Morgan fingerprint density at radius 2 is 1.95 bits per heavy atom. The van der Waals surface area contributed by atoms with E-state index in [1.54, 1.807) is 0 Å². The third-order valence-electron chi connectivity index (χ3n) is 4.82. The summed E-state index contributed by atoms with van der Waals surface area (Å²) < 4.78 is 0. The summed E-state index contributed by atoms with van der Waals surface area (Å²) >= 11 is 5.70. The molecule has 0 radical (unpaired) electrons. The second kappa shape index (κ2) is 5.72. The van der Waals surface area contributed by atoms with Crippen LogP contribution >= 0.6 is 12.2 Å². The molecule has 0 aliphatic heterocycles. The van der Waals surface area contributed by atoms with Crippen molar-refractivity contribution < 1.29 is 0 Å². The van der Waals surface area contributed by atoms with Crippen LogP contribution in [0.2, 0.25) is 0 Å². The van der Waals surface area contributed by atoms with Crippen LogP contribution < -0.4 is 10.2 Å². The standard InChI is InChI=1S/C17H24N2S/c1-12(2)19(15-6-4-3-5-7-15)17(20)18-16-11-13-8-9-14(16)10-13/h3-7,12-14,16H,8-11H2,1-2H3,(H,18,20)/t13-,14+,16+/m0/s1. The lowest BCUT2D eigenvalue weighted by molar-refractivity contribution is 0.390. The Morgan fingerprint density at radius 3 is 2.50 bits per heavy atom. The minimum Gasteiger partial charge on any atom is -0.359 e. The SMILES string of the molecule is CC(C)N(C(=S)N[C@@H]1C[C@H]2CC[C@@H]1C2)c1ccccc1. The maximum absolute atomic E-state index is 5.70. The molecule has 2 fully saturated rings. The van der Waals surface area contributed by atoms with E-state index >= 15 is 0 Å². The molecule has 2 bridgehead atoms. The van der Waals surface area contributed by atoms with Gasteiger partial charge in [0.1, 0.15) is 0 Å². The molecule has 0 heterocycles. The molecule has 3 heteroatoms. The Hall–Kier alpha value is -1.09. The molecule has 2 nitrogen and oxygen atoms in total. The monoisotopic (exact) mass is 288 g/mol. The number of rotatable bonds is 3. The molecule has 3 atom stereocenters. The number of para-hydroxylation sites is 1. The Bertz CT molecular complexity index is 471. The largest absolute Gasteiger partial charge is 0.359 e. The van der Waals surface area contributed by atoms with Crippen molar-refractivity contribution in [2.45, 2.75) is 51.6 Å². The zero-order chi connectivity index (χ0) is 14.1. The second-order valence-electron chi connectivity index (χ2n) is 6.53. The Labute approximate surface area is 127 Å². The van der Waals surface area contributed by atoms with E-state index in [9.17, 15) is 0 Å². The first-order valence-corrected chi connectivity index (χ1v) is 8.20. The molecule has 1 N–H and O–H groups in total. The van der Waals surface area contributed by atoms with Gasteiger partial charge >= 0.3 is 0 Å². The van der Waals surface area contributed by atoms with Gasteiger partial charge in [-0.2, -0.15) is 0 Å². The fraction of sp³-hybridized carbons (Fsp3) is 0.588. The third kappa shape index (κ3) is 2.69. The zero-order valence-electron chi connectivity index (χ0n) is 12.4. The van der Waals surface area contributed by atoms with Crippen molar-refractivity contribution in [1.29, 1.82) is 0 Å². The second-order valence-corrected chi connectivity index (χ2v) is 6.92. The van der Waals surface area contributed by atoms with E-state index in [-0.39, 0.29) is 0 Å². The number of hydrogen-bond donors (Lipinski definition) is 1. The van der Waals surface area contributed by atoms with Gasteiger partial charge in [0.25, 0.3) is 0 Å². The average Bonchev–Trinajstić information content (AvgIpc) is 3.02. The highest BCUT2D eigenvalue weighted by Crippen LogP contribution is 2.44. The van der Waals surface area contributed by atoms with Crippen LogP contribution in [0.4, 0.5) is 5.69 Å². The molecular formula is C17H24N2S. The lowest BCUT2D eigenvalue weighted by Crippen LogP contribution is -2.49. The summed E-state index contributed by atoms with van der Waals surface area (Å²) in [6.45, 7) is 4.39. The van der Waals surface area contributed by atoms with Crippen molar-refractivity contribution in [3.05, 3.63) is 30.3 Å². The van der Waals surface area contributed by atoms with Crippen molar-refractivity contribution in [3.8, 4) is 0 Å². The van der Waals surface area contributed by atoms with Gasteiger partial charge in [0, 0.05) is 17.8 Å². The minimum atomic E-state index is 0.371. The van der Waals surface area contributed by atoms with Gasteiger partial charge in [-0.25, -0.2) is 0 Å². The topological polar surface area (TPSA) is 15.3 Å². The highest BCUT2D eigenvalue weighted by molar-refractivity contribution is 7.80. The van der Waals surface area contributed by atoms with Crippen LogP contribution in [0.5, 0.6) is 0 Å². The normalized spacial score (nSPS) is 27.9. The van der Waals surface area contributed by atoms with Gasteiger partial charge in [0.15, 0.2) is 5.11 Å². The number of nitrogens with one attached hydrogen (secondary N) is 1. The summed E-state index contributed by atoms with van der Waals surface area (Å²) in [7, 11) is 0. The number of nitrogens with zero attached hydrogens (tertiary/aromatic N) is 1. The van der Waals surface area contributed by atoms with Gasteiger partial charge in [-0.15, -0.1) is 0 Å². The van der Waals surface area contributed by atoms with E-state index < -0.39 is 0 Å². The molecule has 0 spiro atoms. The average molecular weight is 288 g/mol. The minimum absolute atomic E-state index is 0.371. The molecule has 0 amide bonds. The number of thiocarbonyl (C=S) groups is 1. The van der Waals surface area contributed by atoms with E-state index in [4.69, 9.17) is 12.2 Å². The summed E-state index contributed by atoms with van der Waals surface area (Å²) in [5.74, 6) is 1.80. The molecule has 2 saturated carbocycles. The fourth-order valence-electron chi connectivity index (χ4n) is 3.89. The number of benzene rings is 1. The molecular weight excluding hydrogens is 264 g/mol. The highest BCUT2D eigenvalue weighted by atomic mass is 32.1. The lowest BCUT2D eigenvalue weighted by Gasteiger charge is -2.33. The van der Waals surface area contributed by atoms with E-state index in [0.717, 1.165) is 16.9 Å². The molecule has 0 aromatic heterocycles. The van der Waals surface area contributed by atoms with Crippen LogP contribution in [0.15, 0.2) is 30.3 Å². The zero-order valence-corrected chi connectivity index (χ0v) is 13.2. The molecule has 1 aromatic rings. The molecule has 0 unspecified atom stereocenters. The summed E-state index contributed by atoms with van der Waals surface area (Å²) in [6, 6.07) is 11.4. The van der Waals surface area contributed by atoms with Crippen molar-refractivity contribution in [1.82, 2.24) is 5.32 Å². The molecule has 108 valence electrons. The number of fused-ring (bicyclic) bond motifs is 2. The van der Waals surface area contributed by atoms with E-state index in [2.05, 4.69) is 54.4 Å². The molecule has 0 saturated heterocycles. The Kier molecular flexibility index (Phi) is 3.97. The molecule has 20 heavy (non-hydrogen) atoms. The third-order valence-corrected chi connectivity index (χ3v) is 5.13. The van der Waals surface area contributed by atoms with Crippen molar-refractivity contribution in [3.63, 3.8) is 0 Å². The van der Waals surface area contributed by atoms with E-state index in [0.29, 0.717) is 12.1 Å². The smallest absolute Gasteiger partial charge is 0.173 e. The first kappa shape index (κ1) is 13.9. The summed E-state index contributed by atoms with van der Waals surface area (Å²) in [4.78, 5) is 2.24. The van der Waals surface area contributed by atoms with Crippen LogP contribution in [0.3, 0.4) is 0 Å². The van der Waals surface area contributed by atoms with Crippen molar-refractivity contribution >= 4 is 23.0 Å². The molecule has 3 rings (SSSR count). The van der Waals surface area contributed by atoms with Gasteiger partial charge in [0.05, 0.1) is 0 Å².